The smallest absolute Gasteiger partial charge is 0.415 e. The number of carbonyl (C=O) groups is 1. The Morgan fingerprint density at radius 1 is 1.33 bits per heavy atom. The Morgan fingerprint density at radius 2 is 1.94 bits per heavy atom. The Morgan fingerprint density at radius 3 is 2.50 bits per heavy atom. The largest absolute Gasteiger partial charge is 0.441 e. The highest BCUT2D eigenvalue weighted by Gasteiger charge is 2.41. The molecular formula is C14H20N2O2. The third-order valence-corrected chi connectivity index (χ3v) is 3.24. The van der Waals surface area contributed by atoms with Crippen molar-refractivity contribution < 1.29 is 9.53 Å². The first-order valence-corrected chi connectivity index (χ1v) is 6.22. The van der Waals surface area contributed by atoms with E-state index in [9.17, 15) is 4.79 Å². The fourth-order valence-corrected chi connectivity index (χ4v) is 2.44. The SMILES string of the molecule is Cc1cc(C)cc(N2CC(C)(CCN)OC2=O)c1. The molecule has 1 aromatic rings. The van der Waals surface area contributed by atoms with E-state index in [1.807, 2.05) is 32.9 Å². The van der Waals surface area contributed by atoms with E-state index in [0.29, 0.717) is 19.5 Å². The van der Waals surface area contributed by atoms with Gasteiger partial charge in [0.05, 0.1) is 6.54 Å². The first-order valence-electron chi connectivity index (χ1n) is 6.22. The standard InChI is InChI=1S/C14H20N2O2/c1-10-6-11(2)8-12(7-10)16-9-14(3,4-5-15)18-13(16)17/h6-8H,4-5,9,15H2,1-3H3. The molecule has 18 heavy (non-hydrogen) atoms. The number of nitrogens with zero attached hydrogens (tertiary/aromatic N) is 1. The molecule has 1 aromatic carbocycles. The molecule has 0 aromatic heterocycles. The van der Waals surface area contributed by atoms with Crippen molar-refractivity contribution in [2.75, 3.05) is 18.0 Å². The molecule has 1 heterocycles. The fraction of sp³-hybridized carbons (Fsp3) is 0.500. The number of amides is 1. The summed E-state index contributed by atoms with van der Waals surface area (Å²) in [5.74, 6) is 0. The molecule has 1 aliphatic heterocycles. The van der Waals surface area contributed by atoms with E-state index in [1.54, 1.807) is 4.90 Å². The molecule has 1 aliphatic rings. The number of hydrogen-bond acceptors (Lipinski definition) is 3. The summed E-state index contributed by atoms with van der Waals surface area (Å²) in [5, 5.41) is 0. The third kappa shape index (κ3) is 2.48. The third-order valence-electron chi connectivity index (χ3n) is 3.24. The van der Waals surface area contributed by atoms with Crippen molar-refractivity contribution in [3.63, 3.8) is 0 Å². The summed E-state index contributed by atoms with van der Waals surface area (Å²) in [5.41, 5.74) is 8.28. The van der Waals surface area contributed by atoms with Crippen molar-refractivity contribution in [3.8, 4) is 0 Å². The number of ether oxygens (including phenoxy) is 1. The minimum absolute atomic E-state index is 0.282. The molecule has 0 aliphatic carbocycles. The fourth-order valence-electron chi connectivity index (χ4n) is 2.44. The quantitative estimate of drug-likeness (QED) is 0.893. The Bertz CT molecular complexity index is 453. The van der Waals surface area contributed by atoms with Crippen molar-refractivity contribution in [2.24, 2.45) is 5.73 Å². The van der Waals surface area contributed by atoms with Crippen LogP contribution in [0.15, 0.2) is 18.2 Å². The molecule has 1 unspecified atom stereocenters. The minimum atomic E-state index is -0.469. The van der Waals surface area contributed by atoms with Gasteiger partial charge in [-0.15, -0.1) is 0 Å². The highest BCUT2D eigenvalue weighted by Crippen LogP contribution is 2.30. The van der Waals surface area contributed by atoms with Crippen LogP contribution in [0, 0.1) is 13.8 Å². The summed E-state index contributed by atoms with van der Waals surface area (Å²) in [4.78, 5) is 13.6. The van der Waals surface area contributed by atoms with Crippen molar-refractivity contribution in [1.82, 2.24) is 0 Å². The highest BCUT2D eigenvalue weighted by molar-refractivity contribution is 5.90. The van der Waals surface area contributed by atoms with Crippen LogP contribution in [-0.4, -0.2) is 24.8 Å². The van der Waals surface area contributed by atoms with Crippen LogP contribution in [0.2, 0.25) is 0 Å². The van der Waals surface area contributed by atoms with E-state index in [1.165, 1.54) is 0 Å². The van der Waals surface area contributed by atoms with Gasteiger partial charge in [0.2, 0.25) is 0 Å². The van der Waals surface area contributed by atoms with Crippen LogP contribution in [-0.2, 0) is 4.74 Å². The van der Waals surface area contributed by atoms with E-state index in [0.717, 1.165) is 16.8 Å². The number of rotatable bonds is 3. The van der Waals surface area contributed by atoms with Crippen LogP contribution in [0.3, 0.4) is 0 Å². The predicted molar refractivity (Wildman–Crippen MR) is 71.8 cm³/mol. The Labute approximate surface area is 108 Å². The van der Waals surface area contributed by atoms with Gasteiger partial charge in [-0.25, -0.2) is 4.79 Å². The van der Waals surface area contributed by atoms with Gasteiger partial charge in [-0.1, -0.05) is 6.07 Å². The lowest BCUT2D eigenvalue weighted by molar-refractivity contribution is 0.0672. The molecule has 1 fully saturated rings. The summed E-state index contributed by atoms with van der Waals surface area (Å²) < 4.78 is 5.44. The molecule has 4 nitrogen and oxygen atoms in total. The number of anilines is 1. The van der Waals surface area contributed by atoms with Gasteiger partial charge in [-0.2, -0.15) is 0 Å². The molecule has 2 rings (SSSR count). The molecule has 98 valence electrons. The highest BCUT2D eigenvalue weighted by atomic mass is 16.6. The zero-order valence-electron chi connectivity index (χ0n) is 11.2. The van der Waals surface area contributed by atoms with E-state index >= 15 is 0 Å². The topological polar surface area (TPSA) is 55.6 Å². The van der Waals surface area contributed by atoms with Gasteiger partial charge in [0.15, 0.2) is 0 Å². The summed E-state index contributed by atoms with van der Waals surface area (Å²) in [6.07, 6.45) is 0.399. The molecule has 0 bridgehead atoms. The van der Waals surface area contributed by atoms with Crippen LogP contribution in [0.4, 0.5) is 10.5 Å². The van der Waals surface area contributed by atoms with Crippen LogP contribution < -0.4 is 10.6 Å². The van der Waals surface area contributed by atoms with Crippen molar-refractivity contribution in [1.29, 1.82) is 0 Å². The van der Waals surface area contributed by atoms with Crippen molar-refractivity contribution in [2.45, 2.75) is 32.8 Å². The number of carbonyl (C=O) groups excluding carboxylic acids is 1. The first-order chi connectivity index (χ1) is 8.43. The van der Waals surface area contributed by atoms with Gasteiger partial charge in [-0.3, -0.25) is 4.90 Å². The maximum Gasteiger partial charge on any atom is 0.415 e. The molecular weight excluding hydrogens is 228 g/mol. The molecule has 0 radical (unpaired) electrons. The monoisotopic (exact) mass is 248 g/mol. The molecule has 0 saturated carbocycles. The van der Waals surface area contributed by atoms with Gasteiger partial charge in [0.1, 0.15) is 5.60 Å². The first kappa shape index (κ1) is 12.9. The van der Waals surface area contributed by atoms with Gasteiger partial charge in [0.25, 0.3) is 0 Å². The second kappa shape index (κ2) is 4.61. The van der Waals surface area contributed by atoms with Gasteiger partial charge in [-0.05, 0) is 50.6 Å². The maximum atomic E-state index is 12.0. The minimum Gasteiger partial charge on any atom is -0.441 e. The second-order valence-electron chi connectivity index (χ2n) is 5.29. The van der Waals surface area contributed by atoms with Crippen LogP contribution in [0.1, 0.15) is 24.5 Å². The second-order valence-corrected chi connectivity index (χ2v) is 5.29. The van der Waals surface area contributed by atoms with Crippen LogP contribution in [0.25, 0.3) is 0 Å². The van der Waals surface area contributed by atoms with Crippen LogP contribution >= 0.6 is 0 Å². The maximum absolute atomic E-state index is 12.0. The lowest BCUT2D eigenvalue weighted by Crippen LogP contribution is -2.33. The predicted octanol–water partition coefficient (Wildman–Crippen LogP) is 2.37. The number of benzene rings is 1. The van der Waals surface area contributed by atoms with E-state index in [2.05, 4.69) is 6.07 Å². The van der Waals surface area contributed by atoms with Gasteiger partial charge >= 0.3 is 6.09 Å². The summed E-state index contributed by atoms with van der Waals surface area (Å²) in [6, 6.07) is 6.09. The number of cyclic esters (lactones) is 1. The average molecular weight is 248 g/mol. The van der Waals surface area contributed by atoms with Gasteiger partial charge in [0, 0.05) is 12.1 Å². The zero-order chi connectivity index (χ0) is 13.3. The summed E-state index contributed by atoms with van der Waals surface area (Å²) in [7, 11) is 0. The van der Waals surface area contributed by atoms with Crippen molar-refractivity contribution >= 4 is 11.8 Å². The van der Waals surface area contributed by atoms with E-state index in [4.69, 9.17) is 10.5 Å². The van der Waals surface area contributed by atoms with E-state index in [-0.39, 0.29) is 6.09 Å². The normalized spacial score (nSPS) is 23.3. The number of nitrogens with two attached hydrogens (primary N) is 1. The summed E-state index contributed by atoms with van der Waals surface area (Å²) >= 11 is 0. The Hall–Kier alpha value is -1.55. The van der Waals surface area contributed by atoms with Crippen LogP contribution in [0.5, 0.6) is 0 Å². The lowest BCUT2D eigenvalue weighted by Gasteiger charge is -2.20. The molecule has 1 atom stereocenters. The van der Waals surface area contributed by atoms with Gasteiger partial charge < -0.3 is 10.5 Å². The molecule has 2 N–H and O–H groups in total. The molecule has 1 amide bonds. The zero-order valence-corrected chi connectivity index (χ0v) is 11.2. The Balaban J connectivity index is 2.26. The Kier molecular flexibility index (Phi) is 3.30. The molecule has 0 spiro atoms. The lowest BCUT2D eigenvalue weighted by atomic mass is 10.0. The summed E-state index contributed by atoms with van der Waals surface area (Å²) in [6.45, 7) is 7.06. The van der Waals surface area contributed by atoms with Crippen molar-refractivity contribution in [3.05, 3.63) is 29.3 Å². The van der Waals surface area contributed by atoms with E-state index < -0.39 is 5.60 Å². The number of aryl methyl sites for hydroxylation is 2. The average Bonchev–Trinajstić information content (AvgIpc) is 2.53. The molecule has 1 saturated heterocycles. The number of hydrogen-bond donors (Lipinski definition) is 1. The molecule has 4 heteroatoms.